The van der Waals surface area contributed by atoms with Gasteiger partial charge in [-0.05, 0) is 49.2 Å². The fourth-order valence-corrected chi connectivity index (χ4v) is 3.74. The minimum atomic E-state index is -3.43. The first-order valence-electron chi connectivity index (χ1n) is 9.11. The summed E-state index contributed by atoms with van der Waals surface area (Å²) in [5.74, 6) is -0.0277. The number of amides is 1. The van der Waals surface area contributed by atoms with Gasteiger partial charge in [0.2, 0.25) is 15.9 Å². The van der Waals surface area contributed by atoms with Crippen molar-refractivity contribution < 1.29 is 13.2 Å². The van der Waals surface area contributed by atoms with E-state index < -0.39 is 10.0 Å². The van der Waals surface area contributed by atoms with Crippen LogP contribution in [-0.2, 0) is 27.7 Å². The molecule has 0 unspecified atom stereocenters. The maximum Gasteiger partial charge on any atom is 0.240 e. The van der Waals surface area contributed by atoms with Crippen LogP contribution in [0.3, 0.4) is 0 Å². The van der Waals surface area contributed by atoms with E-state index in [-0.39, 0.29) is 10.8 Å². The molecule has 3 rings (SSSR count). The number of fused-ring (bicyclic) bond motifs is 1. The minimum absolute atomic E-state index is 0.0277. The summed E-state index contributed by atoms with van der Waals surface area (Å²) in [6.07, 6.45) is 3.40. The van der Waals surface area contributed by atoms with Crippen LogP contribution in [0.15, 0.2) is 65.7 Å². The zero-order valence-corrected chi connectivity index (χ0v) is 16.5. The van der Waals surface area contributed by atoms with Gasteiger partial charge < -0.3 is 5.32 Å². The van der Waals surface area contributed by atoms with Crippen LogP contribution in [0.4, 0.5) is 0 Å². The van der Waals surface area contributed by atoms with Crippen molar-refractivity contribution in [2.75, 3.05) is 13.6 Å². The predicted octanol–water partition coefficient (Wildman–Crippen LogP) is 2.43. The summed E-state index contributed by atoms with van der Waals surface area (Å²) in [5.41, 5.74) is 3.00. The van der Waals surface area contributed by atoms with E-state index >= 15 is 0 Å². The summed E-state index contributed by atoms with van der Waals surface area (Å²) in [4.78, 5) is 16.8. The van der Waals surface area contributed by atoms with Crippen LogP contribution >= 0.6 is 0 Å². The van der Waals surface area contributed by atoms with Crippen molar-refractivity contribution in [3.05, 3.63) is 71.9 Å². The molecular formula is C21H23N3O3S. The number of aromatic nitrogens is 1. The number of sulfonamides is 1. The summed E-state index contributed by atoms with van der Waals surface area (Å²) in [7, 11) is -2.06. The lowest BCUT2D eigenvalue weighted by atomic mass is 10.1. The second-order valence-electron chi connectivity index (χ2n) is 6.44. The Labute approximate surface area is 165 Å². The minimum Gasteiger partial charge on any atom is -0.356 e. The standard InChI is InChI=1S/C21H23N3O3S/c1-22-28(26,27)19-10-7-16(8-11-19)9-12-20(25)23-15-13-18-5-2-4-17-6-3-14-24-21(17)18/h2-8,10-11,14,22H,9,12-13,15H2,1H3,(H,23,25). The fraction of sp³-hybridized carbons (Fsp3) is 0.238. The van der Waals surface area contributed by atoms with Gasteiger partial charge in [0.1, 0.15) is 0 Å². The molecule has 3 aromatic rings. The number of benzene rings is 2. The van der Waals surface area contributed by atoms with E-state index in [9.17, 15) is 13.2 Å². The molecule has 1 heterocycles. The number of nitrogens with one attached hydrogen (secondary N) is 2. The monoisotopic (exact) mass is 397 g/mol. The van der Waals surface area contributed by atoms with Crippen molar-refractivity contribution in [3.8, 4) is 0 Å². The molecule has 6 nitrogen and oxygen atoms in total. The molecule has 0 fully saturated rings. The molecule has 0 saturated carbocycles. The molecular weight excluding hydrogens is 374 g/mol. The van der Waals surface area contributed by atoms with Gasteiger partial charge in [-0.2, -0.15) is 0 Å². The zero-order chi connectivity index (χ0) is 20.0. The number of hydrogen-bond acceptors (Lipinski definition) is 4. The van der Waals surface area contributed by atoms with Crippen molar-refractivity contribution in [3.63, 3.8) is 0 Å². The molecule has 7 heteroatoms. The molecule has 1 amide bonds. The third-order valence-corrected chi connectivity index (χ3v) is 6.01. The van der Waals surface area contributed by atoms with Crippen molar-refractivity contribution in [1.82, 2.24) is 15.0 Å². The van der Waals surface area contributed by atoms with Crippen LogP contribution in [0.1, 0.15) is 17.5 Å². The van der Waals surface area contributed by atoms with E-state index in [0.717, 1.165) is 28.5 Å². The third kappa shape index (κ3) is 4.94. The van der Waals surface area contributed by atoms with Crippen molar-refractivity contribution in [2.45, 2.75) is 24.2 Å². The fourth-order valence-electron chi connectivity index (χ4n) is 3.01. The first kappa shape index (κ1) is 20.0. The molecule has 146 valence electrons. The molecule has 1 aromatic heterocycles. The quantitative estimate of drug-likeness (QED) is 0.611. The topological polar surface area (TPSA) is 88.2 Å². The average Bonchev–Trinajstić information content (AvgIpc) is 2.73. The van der Waals surface area contributed by atoms with Gasteiger partial charge in [0.25, 0.3) is 0 Å². The predicted molar refractivity (Wildman–Crippen MR) is 109 cm³/mol. The summed E-state index contributed by atoms with van der Waals surface area (Å²) in [6, 6.07) is 16.6. The lowest BCUT2D eigenvalue weighted by Gasteiger charge is -2.08. The lowest BCUT2D eigenvalue weighted by molar-refractivity contribution is -0.121. The van der Waals surface area contributed by atoms with Crippen LogP contribution in [0, 0.1) is 0 Å². The van der Waals surface area contributed by atoms with E-state index in [1.54, 1.807) is 30.5 Å². The van der Waals surface area contributed by atoms with E-state index in [4.69, 9.17) is 0 Å². The molecule has 0 atom stereocenters. The Morgan fingerprint density at radius 1 is 1.00 bits per heavy atom. The molecule has 28 heavy (non-hydrogen) atoms. The molecule has 0 saturated heterocycles. The second kappa shape index (κ2) is 8.95. The average molecular weight is 398 g/mol. The van der Waals surface area contributed by atoms with Crippen molar-refractivity contribution in [1.29, 1.82) is 0 Å². The van der Waals surface area contributed by atoms with Crippen molar-refractivity contribution >= 4 is 26.8 Å². The van der Waals surface area contributed by atoms with Gasteiger partial charge in [-0.1, -0.05) is 36.4 Å². The number of para-hydroxylation sites is 1. The first-order chi connectivity index (χ1) is 13.5. The van der Waals surface area contributed by atoms with Crippen LogP contribution in [0.25, 0.3) is 10.9 Å². The van der Waals surface area contributed by atoms with Gasteiger partial charge in [0.15, 0.2) is 0 Å². The maximum absolute atomic E-state index is 12.1. The molecule has 0 radical (unpaired) electrons. The third-order valence-electron chi connectivity index (χ3n) is 4.58. The van der Waals surface area contributed by atoms with Gasteiger partial charge in [-0.25, -0.2) is 13.1 Å². The highest BCUT2D eigenvalue weighted by Crippen LogP contribution is 2.16. The maximum atomic E-state index is 12.1. The Morgan fingerprint density at radius 2 is 1.75 bits per heavy atom. The van der Waals surface area contributed by atoms with E-state index in [2.05, 4.69) is 15.0 Å². The normalized spacial score (nSPS) is 11.5. The van der Waals surface area contributed by atoms with Gasteiger partial charge >= 0.3 is 0 Å². The zero-order valence-electron chi connectivity index (χ0n) is 15.7. The highest BCUT2D eigenvalue weighted by Gasteiger charge is 2.11. The molecule has 0 spiro atoms. The Morgan fingerprint density at radius 3 is 2.50 bits per heavy atom. The Bertz CT molecular complexity index is 1060. The number of hydrogen-bond donors (Lipinski definition) is 2. The highest BCUT2D eigenvalue weighted by atomic mass is 32.2. The number of aryl methyl sites for hydroxylation is 1. The lowest BCUT2D eigenvalue weighted by Crippen LogP contribution is -2.26. The summed E-state index contributed by atoms with van der Waals surface area (Å²) >= 11 is 0. The summed E-state index contributed by atoms with van der Waals surface area (Å²) in [5, 5.41) is 4.03. The summed E-state index contributed by atoms with van der Waals surface area (Å²) < 4.78 is 25.7. The van der Waals surface area contributed by atoms with E-state index in [1.165, 1.54) is 7.05 Å². The SMILES string of the molecule is CNS(=O)(=O)c1ccc(CCC(=O)NCCc2cccc3cccnc23)cc1. The molecule has 0 aliphatic carbocycles. The molecule has 0 aliphatic rings. The number of pyridine rings is 1. The van der Waals surface area contributed by atoms with Crippen LogP contribution < -0.4 is 10.0 Å². The van der Waals surface area contributed by atoms with Gasteiger partial charge in [-0.15, -0.1) is 0 Å². The molecule has 0 aliphatic heterocycles. The second-order valence-corrected chi connectivity index (χ2v) is 8.33. The smallest absolute Gasteiger partial charge is 0.240 e. The molecule has 2 aromatic carbocycles. The number of carbonyl (C=O) groups is 1. The van der Waals surface area contributed by atoms with Gasteiger partial charge in [-0.3, -0.25) is 9.78 Å². The van der Waals surface area contributed by atoms with Crippen LogP contribution in [0.2, 0.25) is 0 Å². The largest absolute Gasteiger partial charge is 0.356 e. The van der Waals surface area contributed by atoms with Gasteiger partial charge in [0.05, 0.1) is 10.4 Å². The Balaban J connectivity index is 1.48. The number of nitrogens with zero attached hydrogens (tertiary/aromatic N) is 1. The number of rotatable bonds is 8. The van der Waals surface area contributed by atoms with Gasteiger partial charge in [0, 0.05) is 24.5 Å². The number of carbonyl (C=O) groups excluding carboxylic acids is 1. The van der Waals surface area contributed by atoms with Crippen LogP contribution in [0.5, 0.6) is 0 Å². The van der Waals surface area contributed by atoms with Crippen LogP contribution in [-0.4, -0.2) is 32.9 Å². The van der Waals surface area contributed by atoms with E-state index in [0.29, 0.717) is 19.4 Å². The Kier molecular flexibility index (Phi) is 6.38. The first-order valence-corrected chi connectivity index (χ1v) is 10.6. The summed E-state index contributed by atoms with van der Waals surface area (Å²) in [6.45, 7) is 0.549. The Hall–Kier alpha value is -2.77. The molecule has 2 N–H and O–H groups in total. The van der Waals surface area contributed by atoms with Crippen molar-refractivity contribution in [2.24, 2.45) is 0 Å². The highest BCUT2D eigenvalue weighted by molar-refractivity contribution is 7.89. The molecule has 0 bridgehead atoms. The van der Waals surface area contributed by atoms with E-state index in [1.807, 2.05) is 30.3 Å².